The standard InChI is InChI=1S/C28H20N6S2.H2O/c1-3-9-21(10-4-1)27-23(19-33(31-27)25-13-7-15-35-25)17-29-30-18-24-20-34(26-14-8-16-36-26)32-28(24)22-11-5-2-6-12-22;/h1-20H;1H2/b29-17+,30-18+;. The third-order valence-corrected chi connectivity index (χ3v) is 7.22. The molecule has 0 saturated heterocycles. The Labute approximate surface area is 221 Å². The van der Waals surface area contributed by atoms with Gasteiger partial charge in [0.25, 0.3) is 0 Å². The fraction of sp³-hybridized carbons (Fsp3) is 0. The van der Waals surface area contributed by atoms with Gasteiger partial charge in [-0.05, 0) is 35.0 Å². The quantitative estimate of drug-likeness (QED) is 0.186. The van der Waals surface area contributed by atoms with Gasteiger partial charge >= 0.3 is 0 Å². The van der Waals surface area contributed by atoms with E-state index in [4.69, 9.17) is 10.2 Å². The molecule has 0 radical (unpaired) electrons. The van der Waals surface area contributed by atoms with E-state index in [2.05, 4.69) is 10.2 Å². The van der Waals surface area contributed by atoms with Crippen LogP contribution in [0.5, 0.6) is 0 Å². The summed E-state index contributed by atoms with van der Waals surface area (Å²) < 4.78 is 3.77. The van der Waals surface area contributed by atoms with Gasteiger partial charge in [-0.25, -0.2) is 9.36 Å². The molecule has 0 aliphatic rings. The van der Waals surface area contributed by atoms with E-state index in [1.165, 1.54) is 0 Å². The lowest BCUT2D eigenvalue weighted by Crippen LogP contribution is -1.90. The fourth-order valence-corrected chi connectivity index (χ4v) is 5.13. The third-order valence-electron chi connectivity index (χ3n) is 5.50. The second-order valence-corrected chi connectivity index (χ2v) is 9.73. The van der Waals surface area contributed by atoms with Gasteiger partial charge in [-0.3, -0.25) is 0 Å². The van der Waals surface area contributed by atoms with Gasteiger partial charge in [0.05, 0.1) is 12.4 Å². The van der Waals surface area contributed by atoms with Crippen molar-refractivity contribution in [1.29, 1.82) is 0 Å². The van der Waals surface area contributed by atoms with E-state index in [0.717, 1.165) is 43.6 Å². The minimum Gasteiger partial charge on any atom is -0.412 e. The second-order valence-electron chi connectivity index (χ2n) is 7.88. The summed E-state index contributed by atoms with van der Waals surface area (Å²) in [6.45, 7) is 0. The molecule has 9 heteroatoms. The average Bonchev–Trinajstić information content (AvgIpc) is 3.74. The normalized spacial score (nSPS) is 11.4. The van der Waals surface area contributed by atoms with Crippen LogP contribution in [0.25, 0.3) is 32.5 Å². The molecule has 0 bridgehead atoms. The van der Waals surface area contributed by atoms with Crippen LogP contribution >= 0.6 is 22.7 Å². The minimum absolute atomic E-state index is 0. The first-order valence-corrected chi connectivity index (χ1v) is 13.1. The Morgan fingerprint density at radius 3 is 1.38 bits per heavy atom. The smallest absolute Gasteiger partial charge is 0.117 e. The van der Waals surface area contributed by atoms with Gasteiger partial charge in [-0.15, -0.1) is 22.7 Å². The zero-order valence-corrected chi connectivity index (χ0v) is 21.2. The van der Waals surface area contributed by atoms with Crippen molar-refractivity contribution in [3.8, 4) is 32.5 Å². The predicted molar refractivity (Wildman–Crippen MR) is 153 cm³/mol. The highest BCUT2D eigenvalue weighted by molar-refractivity contribution is 7.12. The van der Waals surface area contributed by atoms with Gasteiger partial charge in [-0.2, -0.15) is 20.4 Å². The minimum atomic E-state index is 0. The molecule has 37 heavy (non-hydrogen) atoms. The summed E-state index contributed by atoms with van der Waals surface area (Å²) in [5.74, 6) is 0. The Morgan fingerprint density at radius 2 is 1.00 bits per heavy atom. The number of hydrogen-bond donors (Lipinski definition) is 0. The first kappa shape index (κ1) is 24.3. The Balaban J connectivity index is 0.00000280. The summed E-state index contributed by atoms with van der Waals surface area (Å²) in [6, 6.07) is 28.3. The maximum absolute atomic E-state index is 4.82. The van der Waals surface area contributed by atoms with Gasteiger partial charge in [0.15, 0.2) is 0 Å². The molecule has 2 aromatic carbocycles. The predicted octanol–water partition coefficient (Wildman–Crippen LogP) is 6.14. The van der Waals surface area contributed by atoms with Crippen molar-refractivity contribution in [3.63, 3.8) is 0 Å². The maximum Gasteiger partial charge on any atom is 0.117 e. The molecule has 4 heterocycles. The average molecular weight is 523 g/mol. The molecular weight excluding hydrogens is 500 g/mol. The van der Waals surface area contributed by atoms with Gasteiger partial charge in [0.2, 0.25) is 0 Å². The molecule has 0 unspecified atom stereocenters. The van der Waals surface area contributed by atoms with Crippen LogP contribution < -0.4 is 0 Å². The summed E-state index contributed by atoms with van der Waals surface area (Å²) in [5, 5.41) is 24.6. The molecule has 0 aliphatic heterocycles. The molecule has 0 saturated carbocycles. The first-order chi connectivity index (χ1) is 17.8. The largest absolute Gasteiger partial charge is 0.412 e. The monoisotopic (exact) mass is 522 g/mol. The zero-order chi connectivity index (χ0) is 24.2. The van der Waals surface area contributed by atoms with Crippen LogP contribution in [-0.2, 0) is 0 Å². The van der Waals surface area contributed by atoms with E-state index in [-0.39, 0.29) is 5.48 Å². The van der Waals surface area contributed by atoms with Crippen LogP contribution in [0.3, 0.4) is 0 Å². The van der Waals surface area contributed by atoms with Crippen LogP contribution in [0.15, 0.2) is 118 Å². The highest BCUT2D eigenvalue weighted by Crippen LogP contribution is 2.25. The lowest BCUT2D eigenvalue weighted by atomic mass is 10.1. The summed E-state index contributed by atoms with van der Waals surface area (Å²) in [6.07, 6.45) is 7.47. The Hall–Kier alpha value is -4.44. The van der Waals surface area contributed by atoms with Crippen molar-refractivity contribution in [2.75, 3.05) is 0 Å². The number of hydrogen-bond acceptors (Lipinski definition) is 6. The number of benzene rings is 2. The Kier molecular flexibility index (Phi) is 7.27. The summed E-state index contributed by atoms with van der Waals surface area (Å²) in [7, 11) is 0. The highest BCUT2D eigenvalue weighted by Gasteiger charge is 2.13. The van der Waals surface area contributed by atoms with Crippen molar-refractivity contribution in [3.05, 3.63) is 119 Å². The molecular formula is C28H22N6OS2. The molecule has 182 valence electrons. The van der Waals surface area contributed by atoms with E-state index in [1.54, 1.807) is 35.1 Å². The van der Waals surface area contributed by atoms with E-state index >= 15 is 0 Å². The maximum atomic E-state index is 4.82. The number of thiophene rings is 2. The third kappa shape index (κ3) is 5.24. The molecule has 6 rings (SSSR count). The Morgan fingerprint density at radius 1 is 0.568 bits per heavy atom. The summed E-state index contributed by atoms with van der Waals surface area (Å²) in [4.78, 5) is 0. The molecule has 7 nitrogen and oxygen atoms in total. The molecule has 0 atom stereocenters. The molecule has 2 N–H and O–H groups in total. The van der Waals surface area contributed by atoms with Crippen LogP contribution in [0, 0.1) is 0 Å². The summed E-state index contributed by atoms with van der Waals surface area (Å²) in [5.41, 5.74) is 5.56. The van der Waals surface area contributed by atoms with Crippen LogP contribution in [0.2, 0.25) is 0 Å². The van der Waals surface area contributed by atoms with Crippen molar-refractivity contribution in [2.45, 2.75) is 0 Å². The van der Waals surface area contributed by atoms with Crippen LogP contribution in [0.4, 0.5) is 0 Å². The van der Waals surface area contributed by atoms with E-state index in [9.17, 15) is 0 Å². The van der Waals surface area contributed by atoms with Gasteiger partial charge in [0, 0.05) is 34.6 Å². The first-order valence-electron chi connectivity index (χ1n) is 11.3. The topological polar surface area (TPSA) is 91.9 Å². The fourth-order valence-electron chi connectivity index (χ4n) is 3.82. The van der Waals surface area contributed by atoms with E-state index < -0.39 is 0 Å². The molecule has 4 aromatic heterocycles. The van der Waals surface area contributed by atoms with Gasteiger partial charge in [-0.1, -0.05) is 60.7 Å². The van der Waals surface area contributed by atoms with Crippen LogP contribution in [0.1, 0.15) is 11.1 Å². The molecule has 0 fully saturated rings. The molecule has 6 aromatic rings. The van der Waals surface area contributed by atoms with Gasteiger partial charge < -0.3 is 5.48 Å². The number of rotatable bonds is 7. The number of nitrogens with zero attached hydrogens (tertiary/aromatic N) is 6. The van der Waals surface area contributed by atoms with Crippen LogP contribution in [-0.4, -0.2) is 37.5 Å². The van der Waals surface area contributed by atoms with E-state index in [0.29, 0.717) is 0 Å². The molecule has 0 aliphatic carbocycles. The zero-order valence-electron chi connectivity index (χ0n) is 19.5. The Bertz CT molecular complexity index is 1490. The van der Waals surface area contributed by atoms with Crippen molar-refractivity contribution in [2.24, 2.45) is 10.2 Å². The lowest BCUT2D eigenvalue weighted by Gasteiger charge is -1.98. The molecule has 0 amide bonds. The molecule has 0 spiro atoms. The van der Waals surface area contributed by atoms with Crippen molar-refractivity contribution >= 4 is 35.1 Å². The highest BCUT2D eigenvalue weighted by atomic mass is 32.1. The van der Waals surface area contributed by atoms with Crippen molar-refractivity contribution in [1.82, 2.24) is 19.6 Å². The lowest BCUT2D eigenvalue weighted by molar-refractivity contribution is 0.824. The number of aromatic nitrogens is 4. The SMILES string of the molecule is C(=N\N=C\c1cn(-c2cccs2)nc1-c1ccccc1)/c1cn(-c2cccs2)nc1-c1ccccc1.O. The van der Waals surface area contributed by atoms with Gasteiger partial charge in [0.1, 0.15) is 21.4 Å². The van der Waals surface area contributed by atoms with E-state index in [1.807, 2.05) is 117 Å². The van der Waals surface area contributed by atoms with Crippen molar-refractivity contribution < 1.29 is 5.48 Å². The second kappa shape index (κ2) is 11.1. The summed E-state index contributed by atoms with van der Waals surface area (Å²) >= 11 is 3.27.